The van der Waals surface area contributed by atoms with Gasteiger partial charge in [-0.25, -0.2) is 4.79 Å². The van der Waals surface area contributed by atoms with Crippen LogP contribution < -0.4 is 20.7 Å². The highest BCUT2D eigenvalue weighted by Crippen LogP contribution is 2.29. The average molecular weight is 447 g/mol. The van der Waals surface area contributed by atoms with Crippen LogP contribution in [-0.4, -0.2) is 42.3 Å². The first-order chi connectivity index (χ1) is 14.4. The van der Waals surface area contributed by atoms with Crippen molar-refractivity contribution < 1.29 is 9.53 Å². The van der Waals surface area contributed by atoms with Crippen LogP contribution in [0.2, 0.25) is 5.02 Å². The highest BCUT2D eigenvalue weighted by Gasteiger charge is 2.30. The van der Waals surface area contributed by atoms with Crippen molar-refractivity contribution in [2.75, 3.05) is 36.5 Å². The minimum absolute atomic E-state index is 0.0270. The van der Waals surface area contributed by atoms with Gasteiger partial charge in [0.15, 0.2) is 5.11 Å². The van der Waals surface area contributed by atoms with Gasteiger partial charge < -0.3 is 20.7 Å². The van der Waals surface area contributed by atoms with Gasteiger partial charge in [0.2, 0.25) is 0 Å². The summed E-state index contributed by atoms with van der Waals surface area (Å²) in [7, 11) is 0. The first kappa shape index (κ1) is 22.2. The summed E-state index contributed by atoms with van der Waals surface area (Å²) in [6.07, 6.45) is 2.84. The van der Waals surface area contributed by atoms with Crippen molar-refractivity contribution >= 4 is 46.3 Å². The second kappa shape index (κ2) is 10.5. The number of urea groups is 1. The van der Waals surface area contributed by atoms with Crippen LogP contribution in [0.25, 0.3) is 0 Å². The Kier molecular flexibility index (Phi) is 7.76. The lowest BCUT2D eigenvalue weighted by Gasteiger charge is -2.20. The van der Waals surface area contributed by atoms with Gasteiger partial charge in [0, 0.05) is 31.4 Å². The van der Waals surface area contributed by atoms with Gasteiger partial charge in [0.25, 0.3) is 0 Å². The van der Waals surface area contributed by atoms with Crippen LogP contribution in [0.1, 0.15) is 24.8 Å². The standard InChI is InChI=1S/C22H27ClN4O2S/c1-16-8-9-20(19(23)14-16)27-12-11-26(22(27)28)10-3-2-4-13-29-18-7-5-6-17(15-18)25-21(24)30/h5-9,14-15H,2-4,10-13H2,1H3,(H3,24,25,30). The van der Waals surface area contributed by atoms with E-state index < -0.39 is 0 Å². The molecule has 0 atom stereocenters. The Morgan fingerprint density at radius 1 is 1.20 bits per heavy atom. The summed E-state index contributed by atoms with van der Waals surface area (Å²) in [5.74, 6) is 0.775. The number of hydrogen-bond acceptors (Lipinski definition) is 3. The molecule has 1 fully saturated rings. The van der Waals surface area contributed by atoms with Crippen molar-refractivity contribution in [2.24, 2.45) is 5.73 Å². The van der Waals surface area contributed by atoms with Crippen LogP contribution in [0.4, 0.5) is 16.2 Å². The average Bonchev–Trinajstić information content (AvgIpc) is 3.05. The van der Waals surface area contributed by atoms with Gasteiger partial charge in [0.05, 0.1) is 17.3 Å². The Morgan fingerprint density at radius 3 is 2.80 bits per heavy atom. The fourth-order valence-corrected chi connectivity index (χ4v) is 3.88. The topological polar surface area (TPSA) is 70.8 Å². The Balaban J connectivity index is 1.37. The van der Waals surface area contributed by atoms with Gasteiger partial charge in [-0.05, 0) is 68.2 Å². The molecule has 1 heterocycles. The number of unbranched alkanes of at least 4 members (excludes halogenated alkanes) is 2. The number of anilines is 2. The van der Waals surface area contributed by atoms with Gasteiger partial charge in [-0.15, -0.1) is 0 Å². The number of nitrogens with zero attached hydrogens (tertiary/aromatic N) is 2. The van der Waals surface area contributed by atoms with Crippen LogP contribution in [-0.2, 0) is 0 Å². The summed E-state index contributed by atoms with van der Waals surface area (Å²) in [6, 6.07) is 13.4. The number of halogens is 1. The molecule has 0 radical (unpaired) electrons. The van der Waals surface area contributed by atoms with Crippen LogP contribution in [0.3, 0.4) is 0 Å². The Morgan fingerprint density at radius 2 is 2.03 bits per heavy atom. The number of ether oxygens (including phenoxy) is 1. The van der Waals surface area contributed by atoms with Crippen molar-refractivity contribution in [3.8, 4) is 5.75 Å². The molecule has 1 saturated heterocycles. The van der Waals surface area contributed by atoms with Crippen LogP contribution >= 0.6 is 23.8 Å². The number of thiocarbonyl (C=S) groups is 1. The zero-order valence-electron chi connectivity index (χ0n) is 17.1. The number of aryl methyl sites for hydroxylation is 1. The van der Waals surface area contributed by atoms with Crippen molar-refractivity contribution in [2.45, 2.75) is 26.2 Å². The number of carbonyl (C=O) groups is 1. The van der Waals surface area contributed by atoms with Gasteiger partial charge in [-0.3, -0.25) is 4.90 Å². The molecule has 3 rings (SSSR count). The number of benzene rings is 2. The highest BCUT2D eigenvalue weighted by atomic mass is 35.5. The van der Waals surface area contributed by atoms with Crippen LogP contribution in [0.5, 0.6) is 5.75 Å². The second-order valence-electron chi connectivity index (χ2n) is 7.30. The highest BCUT2D eigenvalue weighted by molar-refractivity contribution is 7.80. The third kappa shape index (κ3) is 6.00. The van der Waals surface area contributed by atoms with Crippen molar-refractivity contribution in [1.29, 1.82) is 0 Å². The zero-order valence-corrected chi connectivity index (χ0v) is 18.6. The predicted octanol–water partition coefficient (Wildman–Crippen LogP) is 4.80. The van der Waals surface area contributed by atoms with E-state index in [9.17, 15) is 4.79 Å². The normalized spacial score (nSPS) is 13.6. The third-order valence-electron chi connectivity index (χ3n) is 4.93. The summed E-state index contributed by atoms with van der Waals surface area (Å²) < 4.78 is 5.79. The number of hydrogen-bond donors (Lipinski definition) is 2. The van der Waals surface area contributed by atoms with Crippen molar-refractivity contribution in [3.05, 3.63) is 53.1 Å². The Labute approximate surface area is 187 Å². The molecule has 8 heteroatoms. The fraction of sp³-hybridized carbons (Fsp3) is 0.364. The van der Waals surface area contributed by atoms with Gasteiger partial charge in [0.1, 0.15) is 5.75 Å². The SMILES string of the molecule is Cc1ccc(N2CCN(CCCCCOc3cccc(NC(N)=S)c3)C2=O)c(Cl)c1. The van der Waals surface area contributed by atoms with Gasteiger partial charge in [-0.1, -0.05) is 23.7 Å². The van der Waals surface area contributed by atoms with E-state index in [1.165, 1.54) is 0 Å². The van der Waals surface area contributed by atoms with E-state index >= 15 is 0 Å². The molecule has 2 aromatic carbocycles. The summed E-state index contributed by atoms with van der Waals surface area (Å²) in [5, 5.41) is 3.74. The van der Waals surface area contributed by atoms with E-state index in [-0.39, 0.29) is 11.1 Å². The lowest BCUT2D eigenvalue weighted by molar-refractivity contribution is 0.219. The molecule has 1 aliphatic heterocycles. The number of amides is 2. The third-order valence-corrected chi connectivity index (χ3v) is 5.34. The Hall–Kier alpha value is -2.51. The predicted molar refractivity (Wildman–Crippen MR) is 127 cm³/mol. The maximum absolute atomic E-state index is 12.7. The molecule has 0 bridgehead atoms. The van der Waals surface area contributed by atoms with E-state index in [0.717, 1.165) is 55.0 Å². The lowest BCUT2D eigenvalue weighted by Crippen LogP contribution is -2.32. The molecule has 0 spiro atoms. The zero-order chi connectivity index (χ0) is 21.5. The van der Waals surface area contributed by atoms with Crippen LogP contribution in [0.15, 0.2) is 42.5 Å². The molecule has 0 aromatic heterocycles. The van der Waals surface area contributed by atoms with E-state index in [2.05, 4.69) is 5.32 Å². The van der Waals surface area contributed by atoms with Crippen LogP contribution in [0, 0.1) is 6.92 Å². The summed E-state index contributed by atoms with van der Waals surface area (Å²) in [6.45, 7) is 4.74. The first-order valence-electron chi connectivity index (χ1n) is 10.1. The maximum atomic E-state index is 12.7. The van der Waals surface area contributed by atoms with E-state index in [0.29, 0.717) is 18.2 Å². The molecule has 30 heavy (non-hydrogen) atoms. The quantitative estimate of drug-likeness (QED) is 0.428. The number of rotatable bonds is 9. The molecule has 160 valence electrons. The van der Waals surface area contributed by atoms with E-state index in [1.807, 2.05) is 54.3 Å². The van der Waals surface area contributed by atoms with Crippen molar-refractivity contribution in [1.82, 2.24) is 4.90 Å². The lowest BCUT2D eigenvalue weighted by atomic mass is 10.2. The molecule has 6 nitrogen and oxygen atoms in total. The number of nitrogens with two attached hydrogens (primary N) is 1. The fourth-order valence-electron chi connectivity index (χ4n) is 3.42. The number of carbonyl (C=O) groups excluding carboxylic acids is 1. The second-order valence-corrected chi connectivity index (χ2v) is 8.15. The van der Waals surface area contributed by atoms with Crippen molar-refractivity contribution in [3.63, 3.8) is 0 Å². The Bertz CT molecular complexity index is 908. The monoisotopic (exact) mass is 446 g/mol. The molecule has 2 amide bonds. The molecule has 3 N–H and O–H groups in total. The summed E-state index contributed by atoms with van der Waals surface area (Å²) >= 11 is 11.2. The molecule has 2 aromatic rings. The molecule has 0 aliphatic carbocycles. The summed E-state index contributed by atoms with van der Waals surface area (Å²) in [4.78, 5) is 16.4. The number of nitrogens with one attached hydrogen (secondary N) is 1. The van der Waals surface area contributed by atoms with Gasteiger partial charge >= 0.3 is 6.03 Å². The minimum atomic E-state index is 0.0270. The molecule has 0 saturated carbocycles. The minimum Gasteiger partial charge on any atom is -0.494 e. The molecule has 1 aliphatic rings. The largest absolute Gasteiger partial charge is 0.494 e. The molecular formula is C22H27ClN4O2S. The maximum Gasteiger partial charge on any atom is 0.324 e. The molecular weight excluding hydrogens is 420 g/mol. The van der Waals surface area contributed by atoms with E-state index in [4.69, 9.17) is 34.3 Å². The molecule has 0 unspecified atom stereocenters. The first-order valence-corrected chi connectivity index (χ1v) is 10.8. The van der Waals surface area contributed by atoms with E-state index in [1.54, 1.807) is 4.90 Å². The summed E-state index contributed by atoms with van der Waals surface area (Å²) in [5.41, 5.74) is 8.17. The smallest absolute Gasteiger partial charge is 0.324 e. The van der Waals surface area contributed by atoms with Gasteiger partial charge in [-0.2, -0.15) is 0 Å².